The van der Waals surface area contributed by atoms with Gasteiger partial charge in [-0.2, -0.15) is 0 Å². The number of aryl methyl sites for hydroxylation is 1. The number of hydrogen-bond acceptors (Lipinski definition) is 1. The van der Waals surface area contributed by atoms with Gasteiger partial charge in [0.1, 0.15) is 5.84 Å². The van der Waals surface area contributed by atoms with Crippen molar-refractivity contribution in [2.45, 2.75) is 6.92 Å². The molecule has 0 amide bonds. The third kappa shape index (κ3) is 3.99. The van der Waals surface area contributed by atoms with Gasteiger partial charge in [0.2, 0.25) is 0 Å². The first-order valence-corrected chi connectivity index (χ1v) is 7.82. The predicted octanol–water partition coefficient (Wildman–Crippen LogP) is 5.84. The molecule has 3 aromatic carbocycles. The van der Waals surface area contributed by atoms with Gasteiger partial charge in [-0.15, -0.1) is 0 Å². The van der Waals surface area contributed by atoms with Crippen molar-refractivity contribution in [3.8, 4) is 0 Å². The highest BCUT2D eigenvalue weighted by atomic mass is 35.5. The van der Waals surface area contributed by atoms with E-state index in [0.29, 0.717) is 5.02 Å². The molecule has 0 aliphatic heterocycles. The van der Waals surface area contributed by atoms with Crippen molar-refractivity contribution in [1.29, 1.82) is 0 Å². The van der Waals surface area contributed by atoms with E-state index in [0.717, 1.165) is 22.8 Å². The minimum absolute atomic E-state index is 0.631. The molecule has 0 fully saturated rings. The standard InChI is InChI=1S/C20H17ClN2/c1-15-8-7-11-17(14-15)22-20(16-9-3-2-4-10-16)23-19-13-6-5-12-18(19)21/h2-14H,1H3,(H,22,23). The van der Waals surface area contributed by atoms with E-state index in [1.165, 1.54) is 5.56 Å². The number of halogens is 1. The maximum absolute atomic E-state index is 6.25. The zero-order valence-corrected chi connectivity index (χ0v) is 13.6. The summed E-state index contributed by atoms with van der Waals surface area (Å²) in [5.41, 5.74) is 3.95. The Morgan fingerprint density at radius 2 is 1.61 bits per heavy atom. The van der Waals surface area contributed by atoms with Crippen molar-refractivity contribution in [2.75, 3.05) is 5.32 Å². The summed E-state index contributed by atoms with van der Waals surface area (Å²) in [5, 5.41) is 4.03. The number of para-hydroxylation sites is 1. The molecule has 0 radical (unpaired) electrons. The van der Waals surface area contributed by atoms with Crippen LogP contribution >= 0.6 is 11.6 Å². The van der Waals surface area contributed by atoms with Gasteiger partial charge in [0.05, 0.1) is 10.7 Å². The van der Waals surface area contributed by atoms with Crippen LogP contribution < -0.4 is 5.32 Å². The first kappa shape index (κ1) is 15.3. The zero-order valence-electron chi connectivity index (χ0n) is 12.8. The van der Waals surface area contributed by atoms with E-state index in [-0.39, 0.29) is 0 Å². The number of hydrogen-bond donors (Lipinski definition) is 1. The van der Waals surface area contributed by atoms with E-state index in [1.54, 1.807) is 0 Å². The van der Waals surface area contributed by atoms with Crippen LogP contribution in [0.25, 0.3) is 0 Å². The zero-order chi connectivity index (χ0) is 16.1. The molecule has 2 nitrogen and oxygen atoms in total. The predicted molar refractivity (Wildman–Crippen MR) is 98.9 cm³/mol. The molecule has 0 heterocycles. The smallest absolute Gasteiger partial charge is 0.138 e. The Morgan fingerprint density at radius 1 is 0.870 bits per heavy atom. The van der Waals surface area contributed by atoms with Crippen molar-refractivity contribution < 1.29 is 0 Å². The van der Waals surface area contributed by atoms with Crippen molar-refractivity contribution in [3.05, 3.63) is 95.0 Å². The van der Waals surface area contributed by atoms with Crippen LogP contribution in [0.15, 0.2) is 83.9 Å². The molecule has 3 heteroatoms. The summed E-state index contributed by atoms with van der Waals surface area (Å²) in [5.74, 6) is 0.768. The Bertz CT molecular complexity index is 826. The number of aliphatic imine (C=N–C) groups is 1. The van der Waals surface area contributed by atoms with Gasteiger partial charge in [0, 0.05) is 11.3 Å². The number of anilines is 1. The highest BCUT2D eigenvalue weighted by Crippen LogP contribution is 2.25. The second-order valence-corrected chi connectivity index (χ2v) is 5.68. The summed E-state index contributed by atoms with van der Waals surface area (Å²) in [7, 11) is 0. The maximum atomic E-state index is 6.25. The van der Waals surface area contributed by atoms with Gasteiger partial charge in [-0.25, -0.2) is 4.99 Å². The van der Waals surface area contributed by atoms with Crippen molar-refractivity contribution in [1.82, 2.24) is 0 Å². The third-order valence-corrected chi connectivity index (χ3v) is 3.73. The third-order valence-electron chi connectivity index (χ3n) is 3.41. The summed E-state index contributed by atoms with van der Waals surface area (Å²) in [6, 6.07) is 25.8. The van der Waals surface area contributed by atoms with Crippen LogP contribution in [0.5, 0.6) is 0 Å². The Balaban J connectivity index is 2.02. The van der Waals surface area contributed by atoms with E-state index in [4.69, 9.17) is 16.6 Å². The van der Waals surface area contributed by atoms with Crippen LogP contribution in [0, 0.1) is 6.92 Å². The Kier molecular flexibility index (Phi) is 4.74. The molecule has 114 valence electrons. The van der Waals surface area contributed by atoms with Crippen molar-refractivity contribution in [2.24, 2.45) is 4.99 Å². The molecule has 0 aliphatic carbocycles. The topological polar surface area (TPSA) is 24.4 Å². The lowest BCUT2D eigenvalue weighted by Gasteiger charge is -2.11. The molecule has 0 bridgehead atoms. The molecule has 0 saturated carbocycles. The largest absolute Gasteiger partial charge is 0.340 e. The molecule has 0 spiro atoms. The molecule has 0 saturated heterocycles. The lowest BCUT2D eigenvalue weighted by molar-refractivity contribution is 1.44. The van der Waals surface area contributed by atoms with Crippen molar-refractivity contribution >= 4 is 28.8 Å². The van der Waals surface area contributed by atoms with Crippen LogP contribution in [0.3, 0.4) is 0 Å². The van der Waals surface area contributed by atoms with E-state index < -0.39 is 0 Å². The number of nitrogens with one attached hydrogen (secondary N) is 1. The van der Waals surface area contributed by atoms with Gasteiger partial charge >= 0.3 is 0 Å². The lowest BCUT2D eigenvalue weighted by Crippen LogP contribution is -2.13. The Labute approximate surface area is 141 Å². The monoisotopic (exact) mass is 320 g/mol. The second-order valence-electron chi connectivity index (χ2n) is 5.27. The fourth-order valence-electron chi connectivity index (χ4n) is 2.28. The number of benzene rings is 3. The molecule has 3 aromatic rings. The summed E-state index contributed by atoms with van der Waals surface area (Å²) >= 11 is 6.25. The molecule has 23 heavy (non-hydrogen) atoms. The Hall–Kier alpha value is -2.58. The fourth-order valence-corrected chi connectivity index (χ4v) is 2.46. The average Bonchev–Trinajstić information content (AvgIpc) is 2.57. The minimum atomic E-state index is 0.631. The average molecular weight is 321 g/mol. The summed E-state index contributed by atoms with van der Waals surface area (Å²) in [4.78, 5) is 4.73. The van der Waals surface area contributed by atoms with Gasteiger partial charge in [-0.05, 0) is 36.8 Å². The molecule has 0 aromatic heterocycles. The lowest BCUT2D eigenvalue weighted by atomic mass is 10.1. The van der Waals surface area contributed by atoms with Crippen LogP contribution in [0.1, 0.15) is 11.1 Å². The maximum Gasteiger partial charge on any atom is 0.138 e. The molecular weight excluding hydrogens is 304 g/mol. The fraction of sp³-hybridized carbons (Fsp3) is 0.0500. The quantitative estimate of drug-likeness (QED) is 0.476. The van der Waals surface area contributed by atoms with Crippen LogP contribution in [-0.4, -0.2) is 5.84 Å². The van der Waals surface area contributed by atoms with Crippen LogP contribution in [0.4, 0.5) is 11.4 Å². The molecule has 0 aliphatic rings. The number of rotatable bonds is 3. The molecule has 0 unspecified atom stereocenters. The molecule has 0 atom stereocenters. The van der Waals surface area contributed by atoms with Gasteiger partial charge in [-0.3, -0.25) is 0 Å². The second kappa shape index (κ2) is 7.12. The van der Waals surface area contributed by atoms with E-state index in [2.05, 4.69) is 24.4 Å². The molecule has 1 N–H and O–H groups in total. The highest BCUT2D eigenvalue weighted by molar-refractivity contribution is 6.33. The summed E-state index contributed by atoms with van der Waals surface area (Å²) in [6.45, 7) is 2.07. The number of nitrogens with zero attached hydrogens (tertiary/aromatic N) is 1. The number of amidine groups is 1. The van der Waals surface area contributed by atoms with Crippen LogP contribution in [0.2, 0.25) is 5.02 Å². The van der Waals surface area contributed by atoms with Gasteiger partial charge in [0.25, 0.3) is 0 Å². The summed E-state index contributed by atoms with van der Waals surface area (Å²) < 4.78 is 0. The molecular formula is C20H17ClN2. The first-order chi connectivity index (χ1) is 11.2. The SMILES string of the molecule is Cc1cccc(NC(=Nc2ccccc2Cl)c2ccccc2)c1. The van der Waals surface area contributed by atoms with E-state index in [1.807, 2.05) is 66.7 Å². The summed E-state index contributed by atoms with van der Waals surface area (Å²) in [6.07, 6.45) is 0. The van der Waals surface area contributed by atoms with Crippen molar-refractivity contribution in [3.63, 3.8) is 0 Å². The van der Waals surface area contributed by atoms with Gasteiger partial charge in [0.15, 0.2) is 0 Å². The normalized spacial score (nSPS) is 11.3. The van der Waals surface area contributed by atoms with E-state index >= 15 is 0 Å². The Morgan fingerprint density at radius 3 is 2.35 bits per heavy atom. The van der Waals surface area contributed by atoms with Gasteiger partial charge < -0.3 is 5.32 Å². The van der Waals surface area contributed by atoms with E-state index in [9.17, 15) is 0 Å². The van der Waals surface area contributed by atoms with Gasteiger partial charge in [-0.1, -0.05) is 66.2 Å². The molecule has 3 rings (SSSR count). The van der Waals surface area contributed by atoms with Crippen LogP contribution in [-0.2, 0) is 0 Å². The minimum Gasteiger partial charge on any atom is -0.340 e. The first-order valence-electron chi connectivity index (χ1n) is 7.45. The highest BCUT2D eigenvalue weighted by Gasteiger charge is 2.06.